The van der Waals surface area contributed by atoms with E-state index < -0.39 is 15.8 Å². The summed E-state index contributed by atoms with van der Waals surface area (Å²) in [6.45, 7) is 0.212. The summed E-state index contributed by atoms with van der Waals surface area (Å²) in [5.74, 6) is -0.516. The number of halogens is 2. The lowest BCUT2D eigenvalue weighted by molar-refractivity contribution is 0.599. The molecule has 7 heteroatoms. The van der Waals surface area contributed by atoms with Gasteiger partial charge in [0.2, 0.25) is 0 Å². The smallest absolute Gasteiger partial charge is 0.263 e. The van der Waals surface area contributed by atoms with Crippen LogP contribution in [0, 0.1) is 5.82 Å². The van der Waals surface area contributed by atoms with Crippen molar-refractivity contribution in [3.63, 3.8) is 0 Å². The van der Waals surface area contributed by atoms with Gasteiger partial charge in [0.1, 0.15) is 10.7 Å². The Bertz CT molecular complexity index is 735. The van der Waals surface area contributed by atoms with E-state index in [1.54, 1.807) is 24.3 Å². The highest BCUT2D eigenvalue weighted by atomic mass is 79.9. The molecule has 0 aliphatic heterocycles. The van der Waals surface area contributed by atoms with Gasteiger partial charge in [0.15, 0.2) is 0 Å². The number of rotatable bonds is 4. The fourth-order valence-electron chi connectivity index (χ4n) is 1.69. The summed E-state index contributed by atoms with van der Waals surface area (Å²) in [6, 6.07) is 10.2. The van der Waals surface area contributed by atoms with Crippen molar-refractivity contribution in [3.05, 3.63) is 58.3 Å². The number of para-hydroxylation sites is 1. The largest absolute Gasteiger partial charge is 0.326 e. The summed E-state index contributed by atoms with van der Waals surface area (Å²) < 4.78 is 40.2. The Morgan fingerprint density at radius 2 is 1.90 bits per heavy atom. The van der Waals surface area contributed by atoms with Crippen molar-refractivity contribution in [2.24, 2.45) is 5.73 Å². The summed E-state index contributed by atoms with van der Waals surface area (Å²) in [7, 11) is -3.81. The molecule has 2 aromatic rings. The maximum atomic E-state index is 13.0. The first-order valence-corrected chi connectivity index (χ1v) is 7.97. The van der Waals surface area contributed by atoms with E-state index in [2.05, 4.69) is 20.7 Å². The average molecular weight is 359 g/mol. The molecule has 0 saturated carbocycles. The number of nitrogens with two attached hydrogens (primary N) is 1. The van der Waals surface area contributed by atoms with Crippen molar-refractivity contribution in [2.75, 3.05) is 4.72 Å². The van der Waals surface area contributed by atoms with Gasteiger partial charge in [-0.05, 0) is 45.8 Å². The molecule has 0 radical (unpaired) electrons. The van der Waals surface area contributed by atoms with Gasteiger partial charge in [0.25, 0.3) is 10.0 Å². The highest BCUT2D eigenvalue weighted by Gasteiger charge is 2.19. The molecule has 0 aliphatic carbocycles. The minimum absolute atomic E-state index is 0.0364. The SMILES string of the molecule is NCc1ccccc1NS(=O)(=O)c1ccc(F)cc1Br. The molecule has 0 amide bonds. The summed E-state index contributed by atoms with van der Waals surface area (Å²) in [5.41, 5.74) is 6.65. The van der Waals surface area contributed by atoms with Crippen LogP contribution in [0.15, 0.2) is 51.8 Å². The van der Waals surface area contributed by atoms with Crippen LogP contribution in [0.5, 0.6) is 0 Å². The maximum absolute atomic E-state index is 13.0. The van der Waals surface area contributed by atoms with E-state index in [-0.39, 0.29) is 15.9 Å². The molecular weight excluding hydrogens is 347 g/mol. The molecule has 0 unspecified atom stereocenters. The Balaban J connectivity index is 2.41. The van der Waals surface area contributed by atoms with Crippen molar-refractivity contribution >= 4 is 31.6 Å². The number of sulfonamides is 1. The molecule has 2 aromatic carbocycles. The van der Waals surface area contributed by atoms with Gasteiger partial charge in [-0.1, -0.05) is 18.2 Å². The third kappa shape index (κ3) is 3.17. The zero-order chi connectivity index (χ0) is 14.8. The van der Waals surface area contributed by atoms with E-state index in [9.17, 15) is 12.8 Å². The van der Waals surface area contributed by atoms with Gasteiger partial charge in [-0.25, -0.2) is 12.8 Å². The molecule has 106 valence electrons. The van der Waals surface area contributed by atoms with Gasteiger partial charge in [0.05, 0.1) is 5.69 Å². The van der Waals surface area contributed by atoms with Crippen LogP contribution in [0.2, 0.25) is 0 Å². The first-order valence-electron chi connectivity index (χ1n) is 5.70. The standard InChI is InChI=1S/C13H12BrFN2O2S/c14-11-7-10(15)5-6-13(11)20(18,19)17-12-4-2-1-3-9(12)8-16/h1-7,17H,8,16H2. The summed E-state index contributed by atoms with van der Waals surface area (Å²) in [4.78, 5) is -0.0364. The van der Waals surface area contributed by atoms with Crippen molar-refractivity contribution in [2.45, 2.75) is 11.4 Å². The molecule has 4 nitrogen and oxygen atoms in total. The van der Waals surface area contributed by atoms with Crippen LogP contribution in [0.3, 0.4) is 0 Å². The molecule has 0 aliphatic rings. The second kappa shape index (κ2) is 5.90. The molecule has 0 bridgehead atoms. The van der Waals surface area contributed by atoms with Crippen LogP contribution in [0.4, 0.5) is 10.1 Å². The monoisotopic (exact) mass is 358 g/mol. The van der Waals surface area contributed by atoms with Crippen molar-refractivity contribution in [1.29, 1.82) is 0 Å². The normalized spacial score (nSPS) is 11.3. The van der Waals surface area contributed by atoms with Gasteiger partial charge in [-0.15, -0.1) is 0 Å². The third-order valence-corrected chi connectivity index (χ3v) is 5.01. The van der Waals surface area contributed by atoms with E-state index in [1.165, 1.54) is 6.07 Å². The van der Waals surface area contributed by atoms with Crippen molar-refractivity contribution in [1.82, 2.24) is 0 Å². The van der Waals surface area contributed by atoms with E-state index in [1.807, 2.05) is 0 Å². The molecule has 0 spiro atoms. The van der Waals surface area contributed by atoms with E-state index in [0.717, 1.165) is 12.1 Å². The third-order valence-electron chi connectivity index (χ3n) is 2.67. The summed E-state index contributed by atoms with van der Waals surface area (Å²) >= 11 is 3.05. The molecular formula is C13H12BrFN2O2S. The van der Waals surface area contributed by atoms with Crippen molar-refractivity contribution < 1.29 is 12.8 Å². The predicted octanol–water partition coefficient (Wildman–Crippen LogP) is 2.85. The number of benzene rings is 2. The molecule has 20 heavy (non-hydrogen) atoms. The Labute approximate surface area is 125 Å². The van der Waals surface area contributed by atoms with Gasteiger partial charge in [-0.3, -0.25) is 4.72 Å². The van der Waals surface area contributed by atoms with Crippen LogP contribution in [-0.4, -0.2) is 8.42 Å². The molecule has 0 atom stereocenters. The number of hydrogen-bond donors (Lipinski definition) is 2. The highest BCUT2D eigenvalue weighted by Crippen LogP contribution is 2.26. The lowest BCUT2D eigenvalue weighted by atomic mass is 10.2. The predicted molar refractivity (Wildman–Crippen MR) is 79.2 cm³/mol. The van der Waals surface area contributed by atoms with Gasteiger partial charge < -0.3 is 5.73 Å². The Morgan fingerprint density at radius 3 is 2.55 bits per heavy atom. The maximum Gasteiger partial charge on any atom is 0.263 e. The summed E-state index contributed by atoms with van der Waals surface area (Å²) in [6.07, 6.45) is 0. The summed E-state index contributed by atoms with van der Waals surface area (Å²) in [5, 5.41) is 0. The lowest BCUT2D eigenvalue weighted by Crippen LogP contribution is -2.15. The van der Waals surface area contributed by atoms with Gasteiger partial charge in [-0.2, -0.15) is 0 Å². The van der Waals surface area contributed by atoms with E-state index in [0.29, 0.717) is 11.3 Å². The first kappa shape index (κ1) is 15.0. The zero-order valence-electron chi connectivity index (χ0n) is 10.3. The van der Waals surface area contributed by atoms with Gasteiger partial charge >= 0.3 is 0 Å². The highest BCUT2D eigenvalue weighted by molar-refractivity contribution is 9.10. The van der Waals surface area contributed by atoms with Gasteiger partial charge in [0, 0.05) is 11.0 Å². The molecule has 0 aromatic heterocycles. The second-order valence-electron chi connectivity index (χ2n) is 4.04. The molecule has 0 heterocycles. The second-order valence-corrected chi connectivity index (χ2v) is 6.55. The molecule has 3 N–H and O–H groups in total. The average Bonchev–Trinajstić information content (AvgIpc) is 2.38. The fourth-order valence-corrected chi connectivity index (χ4v) is 3.84. The topological polar surface area (TPSA) is 72.2 Å². The fraction of sp³-hybridized carbons (Fsp3) is 0.0769. The first-order chi connectivity index (χ1) is 9.44. The Hall–Kier alpha value is -1.44. The van der Waals surface area contributed by atoms with Crippen LogP contribution >= 0.6 is 15.9 Å². The minimum Gasteiger partial charge on any atom is -0.326 e. The molecule has 0 fully saturated rings. The van der Waals surface area contributed by atoms with Crippen LogP contribution in [0.25, 0.3) is 0 Å². The quantitative estimate of drug-likeness (QED) is 0.882. The molecule has 2 rings (SSSR count). The van der Waals surface area contributed by atoms with Crippen LogP contribution in [0.1, 0.15) is 5.56 Å². The van der Waals surface area contributed by atoms with Crippen molar-refractivity contribution in [3.8, 4) is 0 Å². The van der Waals surface area contributed by atoms with E-state index in [4.69, 9.17) is 5.73 Å². The minimum atomic E-state index is -3.81. The molecule has 0 saturated heterocycles. The van der Waals surface area contributed by atoms with E-state index >= 15 is 0 Å². The number of hydrogen-bond acceptors (Lipinski definition) is 3. The Morgan fingerprint density at radius 1 is 1.20 bits per heavy atom. The number of anilines is 1. The number of nitrogens with one attached hydrogen (secondary N) is 1. The lowest BCUT2D eigenvalue weighted by Gasteiger charge is -2.12. The zero-order valence-corrected chi connectivity index (χ0v) is 12.7. The van der Waals surface area contributed by atoms with Crippen LogP contribution in [-0.2, 0) is 16.6 Å². The Kier molecular flexibility index (Phi) is 4.42. The van der Waals surface area contributed by atoms with Crippen LogP contribution < -0.4 is 10.5 Å².